The lowest BCUT2D eigenvalue weighted by Crippen LogP contribution is -2.38. The summed E-state index contributed by atoms with van der Waals surface area (Å²) < 4.78 is 11.1. The fourth-order valence-electron chi connectivity index (χ4n) is 2.55. The lowest BCUT2D eigenvalue weighted by molar-refractivity contribution is 0.110. The maximum Gasteiger partial charge on any atom is 0.127 e. The number of hydrogen-bond acceptors (Lipinski definition) is 4. The van der Waals surface area contributed by atoms with Crippen molar-refractivity contribution in [1.82, 2.24) is 5.32 Å². The lowest BCUT2D eigenvalue weighted by Gasteiger charge is -2.20. The number of phenolic OH excluding ortho intramolecular Hbond substituents is 1. The highest BCUT2D eigenvalue weighted by Gasteiger charge is 2.31. The molecule has 0 spiro atoms. The van der Waals surface area contributed by atoms with Crippen molar-refractivity contribution in [1.29, 1.82) is 0 Å². The molecule has 3 atom stereocenters. The molecule has 1 aromatic carbocycles. The van der Waals surface area contributed by atoms with Gasteiger partial charge in [0.15, 0.2) is 0 Å². The average molecular weight is 235 g/mol. The Balaban J connectivity index is 1.75. The van der Waals surface area contributed by atoms with Crippen molar-refractivity contribution in [2.45, 2.75) is 31.5 Å². The molecule has 3 rings (SSSR count). The molecule has 4 heteroatoms. The van der Waals surface area contributed by atoms with Crippen LogP contribution in [0.4, 0.5) is 0 Å². The van der Waals surface area contributed by atoms with Crippen molar-refractivity contribution in [2.75, 3.05) is 13.2 Å². The number of rotatable bonds is 2. The predicted molar refractivity (Wildman–Crippen MR) is 63.3 cm³/mol. The minimum Gasteiger partial charge on any atom is -0.508 e. The molecule has 2 aliphatic rings. The summed E-state index contributed by atoms with van der Waals surface area (Å²) >= 11 is 0. The van der Waals surface area contributed by atoms with Gasteiger partial charge >= 0.3 is 0 Å². The Morgan fingerprint density at radius 3 is 3.06 bits per heavy atom. The van der Waals surface area contributed by atoms with Crippen LogP contribution >= 0.6 is 0 Å². The van der Waals surface area contributed by atoms with Gasteiger partial charge in [-0.25, -0.2) is 0 Å². The fourth-order valence-corrected chi connectivity index (χ4v) is 2.55. The van der Waals surface area contributed by atoms with Gasteiger partial charge in [-0.05, 0) is 25.5 Å². The van der Waals surface area contributed by atoms with Crippen LogP contribution in [0.15, 0.2) is 18.2 Å². The van der Waals surface area contributed by atoms with Crippen LogP contribution in [0.3, 0.4) is 0 Å². The van der Waals surface area contributed by atoms with Crippen LogP contribution in [0.25, 0.3) is 0 Å². The molecule has 4 nitrogen and oxygen atoms in total. The zero-order valence-electron chi connectivity index (χ0n) is 9.85. The van der Waals surface area contributed by atoms with Gasteiger partial charge in [0.25, 0.3) is 0 Å². The first-order chi connectivity index (χ1) is 8.24. The van der Waals surface area contributed by atoms with E-state index in [0.29, 0.717) is 12.6 Å². The van der Waals surface area contributed by atoms with E-state index in [1.165, 1.54) is 0 Å². The van der Waals surface area contributed by atoms with Crippen molar-refractivity contribution in [2.24, 2.45) is 0 Å². The van der Waals surface area contributed by atoms with E-state index in [4.69, 9.17) is 9.47 Å². The van der Waals surface area contributed by atoms with E-state index in [0.717, 1.165) is 24.3 Å². The molecule has 0 amide bonds. The van der Waals surface area contributed by atoms with E-state index in [1.807, 2.05) is 6.07 Å². The standard InChI is InChI=1S/C13H17NO3/c1-8-11(4-5-16-8)14-12-7-17-13-6-9(15)2-3-10(12)13/h2-3,6,8,11-12,14-15H,4-5,7H2,1H3. The van der Waals surface area contributed by atoms with Crippen LogP contribution in [0.1, 0.15) is 24.9 Å². The van der Waals surface area contributed by atoms with Gasteiger partial charge in [0.05, 0.1) is 12.1 Å². The van der Waals surface area contributed by atoms with Crippen molar-refractivity contribution in [3.05, 3.63) is 23.8 Å². The van der Waals surface area contributed by atoms with Crippen LogP contribution < -0.4 is 10.1 Å². The molecule has 1 aromatic rings. The van der Waals surface area contributed by atoms with Crippen molar-refractivity contribution >= 4 is 0 Å². The van der Waals surface area contributed by atoms with E-state index in [-0.39, 0.29) is 17.9 Å². The summed E-state index contributed by atoms with van der Waals surface area (Å²) in [5, 5.41) is 13.0. The Morgan fingerprint density at radius 1 is 1.41 bits per heavy atom. The van der Waals surface area contributed by atoms with Crippen LogP contribution in [-0.4, -0.2) is 30.5 Å². The van der Waals surface area contributed by atoms with Gasteiger partial charge in [0, 0.05) is 24.3 Å². The molecule has 2 N–H and O–H groups in total. The summed E-state index contributed by atoms with van der Waals surface area (Å²) in [6.07, 6.45) is 1.31. The number of fused-ring (bicyclic) bond motifs is 1. The number of ether oxygens (including phenoxy) is 2. The highest BCUT2D eigenvalue weighted by molar-refractivity contribution is 5.44. The summed E-state index contributed by atoms with van der Waals surface area (Å²) in [6.45, 7) is 3.55. The smallest absolute Gasteiger partial charge is 0.127 e. The summed E-state index contributed by atoms with van der Waals surface area (Å²) in [4.78, 5) is 0. The first kappa shape index (κ1) is 10.9. The molecule has 0 bridgehead atoms. The molecular weight excluding hydrogens is 218 g/mol. The average Bonchev–Trinajstić information content (AvgIpc) is 2.87. The predicted octanol–water partition coefficient (Wildman–Crippen LogP) is 1.59. The molecule has 2 aliphatic heterocycles. The molecule has 0 radical (unpaired) electrons. The molecule has 1 fully saturated rings. The Hall–Kier alpha value is -1.26. The highest BCUT2D eigenvalue weighted by atomic mass is 16.5. The van der Waals surface area contributed by atoms with E-state index < -0.39 is 0 Å². The van der Waals surface area contributed by atoms with Crippen LogP contribution in [0, 0.1) is 0 Å². The third kappa shape index (κ3) is 1.98. The second-order valence-corrected chi connectivity index (χ2v) is 4.72. The van der Waals surface area contributed by atoms with E-state index in [2.05, 4.69) is 12.2 Å². The van der Waals surface area contributed by atoms with Gasteiger partial charge in [-0.15, -0.1) is 0 Å². The first-order valence-electron chi connectivity index (χ1n) is 6.07. The normalized spacial score (nSPS) is 31.2. The maximum absolute atomic E-state index is 9.39. The molecule has 2 heterocycles. The second-order valence-electron chi connectivity index (χ2n) is 4.72. The molecule has 0 saturated carbocycles. The minimum absolute atomic E-state index is 0.208. The zero-order chi connectivity index (χ0) is 11.8. The van der Waals surface area contributed by atoms with Gasteiger partial charge in [0.1, 0.15) is 18.1 Å². The van der Waals surface area contributed by atoms with Crippen molar-refractivity contribution in [3.8, 4) is 11.5 Å². The van der Waals surface area contributed by atoms with Crippen LogP contribution in [0.2, 0.25) is 0 Å². The van der Waals surface area contributed by atoms with Crippen molar-refractivity contribution < 1.29 is 14.6 Å². The fraction of sp³-hybridized carbons (Fsp3) is 0.538. The number of aromatic hydroxyl groups is 1. The van der Waals surface area contributed by atoms with Gasteiger partial charge in [-0.1, -0.05) is 0 Å². The number of nitrogens with one attached hydrogen (secondary N) is 1. The lowest BCUT2D eigenvalue weighted by atomic mass is 10.1. The Morgan fingerprint density at radius 2 is 2.29 bits per heavy atom. The van der Waals surface area contributed by atoms with Gasteiger partial charge in [0.2, 0.25) is 0 Å². The minimum atomic E-state index is 0.208. The van der Waals surface area contributed by atoms with Crippen LogP contribution in [-0.2, 0) is 4.74 Å². The third-order valence-electron chi connectivity index (χ3n) is 3.57. The third-order valence-corrected chi connectivity index (χ3v) is 3.57. The SMILES string of the molecule is CC1OCCC1NC1COc2cc(O)ccc21. The summed E-state index contributed by atoms with van der Waals surface area (Å²) in [5.41, 5.74) is 1.13. The van der Waals surface area contributed by atoms with E-state index >= 15 is 0 Å². The Labute approximate surface area is 101 Å². The molecule has 17 heavy (non-hydrogen) atoms. The first-order valence-corrected chi connectivity index (χ1v) is 6.07. The monoisotopic (exact) mass is 235 g/mol. The van der Waals surface area contributed by atoms with Gasteiger partial charge < -0.3 is 19.9 Å². The molecular formula is C13H17NO3. The zero-order valence-corrected chi connectivity index (χ0v) is 9.85. The molecule has 0 aliphatic carbocycles. The molecule has 92 valence electrons. The Kier molecular flexibility index (Phi) is 2.68. The highest BCUT2D eigenvalue weighted by Crippen LogP contribution is 2.35. The molecule has 3 unspecified atom stereocenters. The topological polar surface area (TPSA) is 50.7 Å². The number of phenols is 1. The second kappa shape index (κ2) is 4.20. The van der Waals surface area contributed by atoms with Crippen LogP contribution in [0.5, 0.6) is 11.5 Å². The van der Waals surface area contributed by atoms with E-state index in [1.54, 1.807) is 12.1 Å². The number of benzene rings is 1. The van der Waals surface area contributed by atoms with E-state index in [9.17, 15) is 5.11 Å². The van der Waals surface area contributed by atoms with Gasteiger partial charge in [-0.2, -0.15) is 0 Å². The molecule has 0 aromatic heterocycles. The largest absolute Gasteiger partial charge is 0.508 e. The van der Waals surface area contributed by atoms with Gasteiger partial charge in [-0.3, -0.25) is 0 Å². The number of hydrogen-bond donors (Lipinski definition) is 2. The maximum atomic E-state index is 9.39. The quantitative estimate of drug-likeness (QED) is 0.817. The van der Waals surface area contributed by atoms with Crippen molar-refractivity contribution in [3.63, 3.8) is 0 Å². The Bertz CT molecular complexity index is 421. The summed E-state index contributed by atoms with van der Waals surface area (Å²) in [6, 6.07) is 5.90. The summed E-state index contributed by atoms with van der Waals surface area (Å²) in [7, 11) is 0. The molecule has 1 saturated heterocycles. The summed E-state index contributed by atoms with van der Waals surface area (Å²) in [5.74, 6) is 1.04.